The van der Waals surface area contributed by atoms with Crippen molar-refractivity contribution in [2.24, 2.45) is 0 Å². The Bertz CT molecular complexity index is 231. The maximum Gasteiger partial charge on any atom is 0.326 e. The summed E-state index contributed by atoms with van der Waals surface area (Å²) in [5.41, 5.74) is 0. The van der Waals surface area contributed by atoms with E-state index >= 15 is 0 Å². The molecule has 5 heteroatoms. The van der Waals surface area contributed by atoms with Gasteiger partial charge in [-0.1, -0.05) is 26.2 Å². The lowest BCUT2D eigenvalue weighted by atomic mass is 10.2. The van der Waals surface area contributed by atoms with Gasteiger partial charge in [-0.2, -0.15) is 0 Å². The molecule has 16 heavy (non-hydrogen) atoms. The number of carbonyl (C=O) groups excluding carboxylic acids is 1. The number of nitrogens with one attached hydrogen (secondary N) is 1. The Labute approximate surface area is 96.8 Å². The lowest BCUT2D eigenvalue weighted by molar-refractivity contribution is -0.141. The molecule has 2 amide bonds. The van der Waals surface area contributed by atoms with Crippen LogP contribution in [0.3, 0.4) is 0 Å². The van der Waals surface area contributed by atoms with E-state index in [0.717, 1.165) is 25.7 Å². The van der Waals surface area contributed by atoms with Crippen LogP contribution in [0, 0.1) is 0 Å². The number of amides is 2. The molecule has 0 aromatic carbocycles. The SMILES string of the molecule is CCCCCCNC(=O)N(C)C(C)C(=O)O. The van der Waals surface area contributed by atoms with Crippen molar-refractivity contribution in [3.63, 3.8) is 0 Å². The molecule has 0 spiro atoms. The van der Waals surface area contributed by atoms with E-state index in [1.807, 2.05) is 0 Å². The fourth-order valence-corrected chi connectivity index (χ4v) is 1.21. The molecule has 0 aromatic rings. The summed E-state index contributed by atoms with van der Waals surface area (Å²) in [5.74, 6) is -0.997. The number of urea groups is 1. The predicted octanol–water partition coefficient (Wildman–Crippen LogP) is 1.68. The molecule has 0 aliphatic rings. The molecule has 0 heterocycles. The predicted molar refractivity (Wildman–Crippen MR) is 62.4 cm³/mol. The number of likely N-dealkylation sites (N-methyl/N-ethyl adjacent to an activating group) is 1. The Kier molecular flexibility index (Phi) is 7.33. The highest BCUT2D eigenvalue weighted by atomic mass is 16.4. The van der Waals surface area contributed by atoms with Crippen molar-refractivity contribution in [1.29, 1.82) is 0 Å². The third-order valence-electron chi connectivity index (χ3n) is 2.57. The van der Waals surface area contributed by atoms with Crippen LogP contribution in [0.25, 0.3) is 0 Å². The van der Waals surface area contributed by atoms with E-state index in [1.54, 1.807) is 0 Å². The van der Waals surface area contributed by atoms with Crippen molar-refractivity contribution in [2.45, 2.75) is 45.6 Å². The van der Waals surface area contributed by atoms with E-state index in [-0.39, 0.29) is 6.03 Å². The van der Waals surface area contributed by atoms with Crippen LogP contribution >= 0.6 is 0 Å². The minimum atomic E-state index is -0.997. The van der Waals surface area contributed by atoms with Gasteiger partial charge in [0.25, 0.3) is 0 Å². The zero-order valence-corrected chi connectivity index (χ0v) is 10.3. The fraction of sp³-hybridized carbons (Fsp3) is 0.818. The smallest absolute Gasteiger partial charge is 0.326 e. The number of hydrogen-bond acceptors (Lipinski definition) is 2. The third kappa shape index (κ3) is 5.58. The topological polar surface area (TPSA) is 69.6 Å². The number of aliphatic carboxylic acids is 1. The fourth-order valence-electron chi connectivity index (χ4n) is 1.21. The first kappa shape index (κ1) is 14.7. The molecule has 5 nitrogen and oxygen atoms in total. The Morgan fingerprint density at radius 1 is 1.31 bits per heavy atom. The van der Waals surface area contributed by atoms with Crippen LogP contribution in [0.15, 0.2) is 0 Å². The number of carboxylic acids is 1. The number of carboxylic acid groups (broad SMARTS) is 1. The number of hydrogen-bond donors (Lipinski definition) is 2. The number of rotatable bonds is 7. The average molecular weight is 230 g/mol. The molecule has 0 bridgehead atoms. The van der Waals surface area contributed by atoms with Crippen molar-refractivity contribution < 1.29 is 14.7 Å². The molecule has 0 aliphatic carbocycles. The summed E-state index contributed by atoms with van der Waals surface area (Å²) in [6.07, 6.45) is 4.35. The van der Waals surface area contributed by atoms with Crippen LogP contribution < -0.4 is 5.32 Å². The second kappa shape index (κ2) is 7.96. The summed E-state index contributed by atoms with van der Waals surface area (Å²) >= 11 is 0. The van der Waals surface area contributed by atoms with E-state index in [2.05, 4.69) is 12.2 Å². The molecule has 94 valence electrons. The van der Waals surface area contributed by atoms with Crippen molar-refractivity contribution in [2.75, 3.05) is 13.6 Å². The number of carbonyl (C=O) groups is 2. The van der Waals surface area contributed by atoms with Crippen molar-refractivity contribution in [3.05, 3.63) is 0 Å². The molecule has 0 saturated carbocycles. The first-order valence-corrected chi connectivity index (χ1v) is 5.74. The summed E-state index contributed by atoms with van der Waals surface area (Å²) in [6, 6.07) is -1.12. The maximum atomic E-state index is 11.5. The zero-order valence-electron chi connectivity index (χ0n) is 10.3. The van der Waals surface area contributed by atoms with Gasteiger partial charge in [0.05, 0.1) is 0 Å². The van der Waals surface area contributed by atoms with Gasteiger partial charge >= 0.3 is 12.0 Å². The van der Waals surface area contributed by atoms with Gasteiger partial charge in [0, 0.05) is 13.6 Å². The minimum Gasteiger partial charge on any atom is -0.480 e. The molecule has 0 rings (SSSR count). The standard InChI is InChI=1S/C11H22N2O3/c1-4-5-6-7-8-12-11(16)13(3)9(2)10(14)15/h9H,4-8H2,1-3H3,(H,12,16)(H,14,15). The second-order valence-electron chi connectivity index (χ2n) is 3.92. The Balaban J connectivity index is 3.75. The van der Waals surface area contributed by atoms with Gasteiger partial charge in [0.15, 0.2) is 0 Å². The Morgan fingerprint density at radius 2 is 1.94 bits per heavy atom. The normalized spacial score (nSPS) is 11.9. The second-order valence-corrected chi connectivity index (χ2v) is 3.92. The highest BCUT2D eigenvalue weighted by molar-refractivity contribution is 5.82. The molecular formula is C11H22N2O3. The molecule has 0 aliphatic heterocycles. The monoisotopic (exact) mass is 230 g/mol. The van der Waals surface area contributed by atoms with E-state index < -0.39 is 12.0 Å². The first-order chi connectivity index (χ1) is 7.50. The van der Waals surface area contributed by atoms with E-state index in [9.17, 15) is 9.59 Å². The molecule has 2 N–H and O–H groups in total. The van der Waals surface area contributed by atoms with Crippen LogP contribution in [0.5, 0.6) is 0 Å². The lowest BCUT2D eigenvalue weighted by Gasteiger charge is -2.21. The summed E-state index contributed by atoms with van der Waals surface area (Å²) < 4.78 is 0. The number of nitrogens with zero attached hydrogens (tertiary/aromatic N) is 1. The summed E-state index contributed by atoms with van der Waals surface area (Å²) in [5, 5.41) is 11.4. The average Bonchev–Trinajstić information content (AvgIpc) is 2.26. The van der Waals surface area contributed by atoms with Crippen LogP contribution in [0.4, 0.5) is 4.79 Å². The van der Waals surface area contributed by atoms with Gasteiger partial charge in [-0.3, -0.25) is 0 Å². The molecule has 0 fully saturated rings. The largest absolute Gasteiger partial charge is 0.480 e. The highest BCUT2D eigenvalue weighted by Gasteiger charge is 2.20. The molecule has 0 saturated heterocycles. The Morgan fingerprint density at radius 3 is 2.44 bits per heavy atom. The Hall–Kier alpha value is -1.26. The van der Waals surface area contributed by atoms with Gasteiger partial charge in [-0.25, -0.2) is 9.59 Å². The first-order valence-electron chi connectivity index (χ1n) is 5.74. The van der Waals surface area contributed by atoms with Crippen LogP contribution in [0.1, 0.15) is 39.5 Å². The van der Waals surface area contributed by atoms with Gasteiger partial charge in [0.2, 0.25) is 0 Å². The maximum absolute atomic E-state index is 11.5. The lowest BCUT2D eigenvalue weighted by Crippen LogP contribution is -2.45. The van der Waals surface area contributed by atoms with Gasteiger partial charge in [-0.15, -0.1) is 0 Å². The zero-order chi connectivity index (χ0) is 12.6. The highest BCUT2D eigenvalue weighted by Crippen LogP contribution is 1.99. The van der Waals surface area contributed by atoms with Crippen LogP contribution in [-0.2, 0) is 4.79 Å². The molecule has 1 unspecified atom stereocenters. The molecular weight excluding hydrogens is 208 g/mol. The molecule has 1 atom stereocenters. The van der Waals surface area contributed by atoms with Crippen molar-refractivity contribution in [3.8, 4) is 0 Å². The third-order valence-corrected chi connectivity index (χ3v) is 2.57. The van der Waals surface area contributed by atoms with Gasteiger partial charge in [-0.05, 0) is 13.3 Å². The van der Waals surface area contributed by atoms with Crippen molar-refractivity contribution >= 4 is 12.0 Å². The quantitative estimate of drug-likeness (QED) is 0.654. The van der Waals surface area contributed by atoms with Crippen LogP contribution in [-0.4, -0.2) is 41.6 Å². The van der Waals surface area contributed by atoms with E-state index in [4.69, 9.17) is 5.11 Å². The molecule has 0 radical (unpaired) electrons. The summed E-state index contributed by atoms with van der Waals surface area (Å²) in [6.45, 7) is 4.22. The van der Waals surface area contributed by atoms with E-state index in [1.165, 1.54) is 18.9 Å². The molecule has 0 aromatic heterocycles. The summed E-state index contributed by atoms with van der Waals surface area (Å²) in [4.78, 5) is 23.3. The van der Waals surface area contributed by atoms with Gasteiger partial charge in [0.1, 0.15) is 6.04 Å². The van der Waals surface area contributed by atoms with Crippen molar-refractivity contribution in [1.82, 2.24) is 10.2 Å². The van der Waals surface area contributed by atoms with Crippen LogP contribution in [0.2, 0.25) is 0 Å². The summed E-state index contributed by atoms with van der Waals surface area (Å²) in [7, 11) is 1.49. The van der Waals surface area contributed by atoms with E-state index in [0.29, 0.717) is 6.54 Å². The van der Waals surface area contributed by atoms with Gasteiger partial charge < -0.3 is 15.3 Å². The minimum absolute atomic E-state index is 0.327. The number of unbranched alkanes of at least 4 members (excludes halogenated alkanes) is 3.